The third kappa shape index (κ3) is 1.71. The number of nitrogens with two attached hydrogens (primary N) is 1. The van der Waals surface area contributed by atoms with Crippen LogP contribution in [0.3, 0.4) is 0 Å². The van der Waals surface area contributed by atoms with Crippen LogP contribution in [0.25, 0.3) is 10.9 Å². The molecule has 2 rings (SSSR count). The number of pyridine rings is 1. The van der Waals surface area contributed by atoms with E-state index >= 15 is 0 Å². The van der Waals surface area contributed by atoms with Gasteiger partial charge >= 0.3 is 0 Å². The molecule has 2 N–H and O–H groups in total. The summed E-state index contributed by atoms with van der Waals surface area (Å²) in [6.45, 7) is 1.76. The zero-order chi connectivity index (χ0) is 9.97. The quantitative estimate of drug-likeness (QED) is 0.547. The standard InChI is InChI=1S/C11H11N3/c1-8(12)14-10-6-9-4-2-3-5-11(9)13-7-10/h2-7H,1H3,(H2,12,14). The summed E-state index contributed by atoms with van der Waals surface area (Å²) in [6, 6.07) is 9.89. The maximum Gasteiger partial charge on any atom is 0.0965 e. The third-order valence-electron chi connectivity index (χ3n) is 1.88. The van der Waals surface area contributed by atoms with E-state index in [0.29, 0.717) is 5.84 Å². The molecule has 0 bridgehead atoms. The van der Waals surface area contributed by atoms with E-state index in [1.54, 1.807) is 13.1 Å². The second-order valence-electron chi connectivity index (χ2n) is 3.14. The summed E-state index contributed by atoms with van der Waals surface area (Å²) in [6.07, 6.45) is 1.72. The smallest absolute Gasteiger partial charge is 0.0965 e. The summed E-state index contributed by atoms with van der Waals surface area (Å²) in [7, 11) is 0. The number of aliphatic imine (C=N–C) groups is 1. The number of aromatic nitrogens is 1. The van der Waals surface area contributed by atoms with E-state index in [1.807, 2.05) is 30.3 Å². The number of hydrogen-bond donors (Lipinski definition) is 1. The normalized spacial score (nSPS) is 11.9. The summed E-state index contributed by atoms with van der Waals surface area (Å²) in [5, 5.41) is 1.08. The Morgan fingerprint density at radius 1 is 1.36 bits per heavy atom. The molecule has 0 saturated heterocycles. The molecule has 14 heavy (non-hydrogen) atoms. The van der Waals surface area contributed by atoms with E-state index in [2.05, 4.69) is 9.98 Å². The molecule has 0 unspecified atom stereocenters. The van der Waals surface area contributed by atoms with Gasteiger partial charge in [0.1, 0.15) is 0 Å². The van der Waals surface area contributed by atoms with Crippen molar-refractivity contribution in [1.82, 2.24) is 4.98 Å². The third-order valence-corrected chi connectivity index (χ3v) is 1.88. The maximum absolute atomic E-state index is 5.49. The lowest BCUT2D eigenvalue weighted by molar-refractivity contribution is 1.36. The predicted octanol–water partition coefficient (Wildman–Crippen LogP) is 2.24. The lowest BCUT2D eigenvalue weighted by Gasteiger charge is -1.98. The highest BCUT2D eigenvalue weighted by molar-refractivity contribution is 5.84. The average Bonchev–Trinajstić information content (AvgIpc) is 2.17. The van der Waals surface area contributed by atoms with E-state index in [-0.39, 0.29) is 0 Å². The summed E-state index contributed by atoms with van der Waals surface area (Å²) in [5.41, 5.74) is 7.26. The fraction of sp³-hybridized carbons (Fsp3) is 0.0909. The molecule has 2 aromatic rings. The number of rotatable bonds is 1. The second kappa shape index (κ2) is 3.46. The Balaban J connectivity index is 2.57. The first-order valence-electron chi connectivity index (χ1n) is 4.41. The minimum Gasteiger partial charge on any atom is -0.387 e. The molecule has 0 atom stereocenters. The Kier molecular flexibility index (Phi) is 2.14. The number of hydrogen-bond acceptors (Lipinski definition) is 2. The van der Waals surface area contributed by atoms with Crippen molar-refractivity contribution >= 4 is 22.4 Å². The highest BCUT2D eigenvalue weighted by Crippen LogP contribution is 2.17. The Morgan fingerprint density at radius 2 is 2.14 bits per heavy atom. The predicted molar refractivity (Wildman–Crippen MR) is 58.7 cm³/mol. The molecule has 0 saturated carbocycles. The van der Waals surface area contributed by atoms with Gasteiger partial charge in [-0.1, -0.05) is 18.2 Å². The molecule has 1 aromatic heterocycles. The first kappa shape index (κ1) is 8.69. The van der Waals surface area contributed by atoms with Crippen LogP contribution in [0.15, 0.2) is 41.5 Å². The highest BCUT2D eigenvalue weighted by atomic mass is 14.9. The van der Waals surface area contributed by atoms with Crippen LogP contribution in [0, 0.1) is 0 Å². The number of nitrogens with zero attached hydrogens (tertiary/aromatic N) is 2. The molecule has 0 aliphatic heterocycles. The van der Waals surface area contributed by atoms with Crippen molar-refractivity contribution in [2.45, 2.75) is 6.92 Å². The van der Waals surface area contributed by atoms with Crippen molar-refractivity contribution in [3.63, 3.8) is 0 Å². The van der Waals surface area contributed by atoms with Crippen LogP contribution in [-0.4, -0.2) is 10.8 Å². The number of para-hydroxylation sites is 1. The first-order valence-corrected chi connectivity index (χ1v) is 4.41. The van der Waals surface area contributed by atoms with Gasteiger partial charge in [0.25, 0.3) is 0 Å². The molecule has 0 aliphatic rings. The Labute approximate surface area is 82.3 Å². The van der Waals surface area contributed by atoms with Gasteiger partial charge in [-0.25, -0.2) is 4.99 Å². The second-order valence-corrected chi connectivity index (χ2v) is 3.14. The van der Waals surface area contributed by atoms with Crippen LogP contribution in [0.1, 0.15) is 6.92 Å². The Morgan fingerprint density at radius 3 is 2.93 bits per heavy atom. The van der Waals surface area contributed by atoms with E-state index in [1.165, 1.54) is 0 Å². The van der Waals surface area contributed by atoms with Crippen molar-refractivity contribution in [3.8, 4) is 0 Å². The molecular formula is C11H11N3. The zero-order valence-electron chi connectivity index (χ0n) is 7.94. The maximum atomic E-state index is 5.49. The van der Waals surface area contributed by atoms with Gasteiger partial charge in [-0.3, -0.25) is 4.98 Å². The van der Waals surface area contributed by atoms with Crippen LogP contribution in [0.4, 0.5) is 5.69 Å². The fourth-order valence-electron chi connectivity index (χ4n) is 1.32. The molecule has 3 heteroatoms. The van der Waals surface area contributed by atoms with Crippen molar-refractivity contribution < 1.29 is 0 Å². The molecule has 0 radical (unpaired) electrons. The van der Waals surface area contributed by atoms with Gasteiger partial charge in [0.15, 0.2) is 0 Å². The molecule has 70 valence electrons. The van der Waals surface area contributed by atoms with Crippen LogP contribution < -0.4 is 5.73 Å². The van der Waals surface area contributed by atoms with E-state index in [0.717, 1.165) is 16.6 Å². The summed E-state index contributed by atoms with van der Waals surface area (Å²) >= 11 is 0. The molecule has 1 heterocycles. The van der Waals surface area contributed by atoms with Crippen molar-refractivity contribution in [3.05, 3.63) is 36.5 Å². The summed E-state index contributed by atoms with van der Waals surface area (Å²) in [4.78, 5) is 8.41. The van der Waals surface area contributed by atoms with Crippen LogP contribution >= 0.6 is 0 Å². The SMILES string of the molecule is CC(N)=Nc1cnc2ccccc2c1. The van der Waals surface area contributed by atoms with Gasteiger partial charge in [0.05, 0.1) is 23.2 Å². The van der Waals surface area contributed by atoms with Gasteiger partial charge in [-0.15, -0.1) is 0 Å². The fourth-order valence-corrected chi connectivity index (χ4v) is 1.32. The molecule has 0 spiro atoms. The van der Waals surface area contributed by atoms with Crippen LogP contribution in [-0.2, 0) is 0 Å². The van der Waals surface area contributed by atoms with Crippen LogP contribution in [0.2, 0.25) is 0 Å². The van der Waals surface area contributed by atoms with Gasteiger partial charge in [0, 0.05) is 5.39 Å². The number of amidine groups is 1. The molecule has 1 aromatic carbocycles. The minimum atomic E-state index is 0.544. The zero-order valence-corrected chi connectivity index (χ0v) is 7.94. The van der Waals surface area contributed by atoms with Crippen molar-refractivity contribution in [2.75, 3.05) is 0 Å². The van der Waals surface area contributed by atoms with Gasteiger partial charge in [-0.05, 0) is 19.1 Å². The summed E-state index contributed by atoms with van der Waals surface area (Å²) < 4.78 is 0. The average molecular weight is 185 g/mol. The van der Waals surface area contributed by atoms with Gasteiger partial charge in [0.2, 0.25) is 0 Å². The number of benzene rings is 1. The Hall–Kier alpha value is -1.90. The first-order chi connectivity index (χ1) is 6.75. The summed E-state index contributed by atoms with van der Waals surface area (Å²) in [5.74, 6) is 0.544. The molecule has 0 fully saturated rings. The molecule has 3 nitrogen and oxygen atoms in total. The molecule has 0 amide bonds. The number of fused-ring (bicyclic) bond motifs is 1. The van der Waals surface area contributed by atoms with E-state index in [9.17, 15) is 0 Å². The van der Waals surface area contributed by atoms with E-state index < -0.39 is 0 Å². The van der Waals surface area contributed by atoms with Crippen molar-refractivity contribution in [2.24, 2.45) is 10.7 Å². The van der Waals surface area contributed by atoms with E-state index in [4.69, 9.17) is 5.73 Å². The minimum absolute atomic E-state index is 0.544. The largest absolute Gasteiger partial charge is 0.387 e. The monoisotopic (exact) mass is 185 g/mol. The van der Waals surface area contributed by atoms with Crippen molar-refractivity contribution in [1.29, 1.82) is 0 Å². The topological polar surface area (TPSA) is 51.3 Å². The van der Waals surface area contributed by atoms with Gasteiger partial charge in [-0.2, -0.15) is 0 Å². The Bertz CT molecular complexity index is 485. The molecule has 0 aliphatic carbocycles. The lowest BCUT2D eigenvalue weighted by Crippen LogP contribution is -2.03. The molecular weight excluding hydrogens is 174 g/mol. The van der Waals surface area contributed by atoms with Crippen LogP contribution in [0.5, 0.6) is 0 Å². The lowest BCUT2D eigenvalue weighted by atomic mass is 10.2. The highest BCUT2D eigenvalue weighted by Gasteiger charge is 1.95. The van der Waals surface area contributed by atoms with Gasteiger partial charge < -0.3 is 5.73 Å².